The summed E-state index contributed by atoms with van der Waals surface area (Å²) in [5, 5.41) is 12.8. The highest BCUT2D eigenvalue weighted by Crippen LogP contribution is 2.20. The van der Waals surface area contributed by atoms with Crippen LogP contribution in [0.5, 0.6) is 0 Å². The second kappa shape index (κ2) is 5.87. The van der Waals surface area contributed by atoms with E-state index >= 15 is 0 Å². The van der Waals surface area contributed by atoms with Gasteiger partial charge in [-0.05, 0) is 18.6 Å². The minimum atomic E-state index is -0.324. The van der Waals surface area contributed by atoms with Gasteiger partial charge in [0, 0.05) is 29.2 Å². The molecule has 0 unspecified atom stereocenters. The maximum Gasteiger partial charge on any atom is 0.261 e. The molecular formula is C15H15N3O. The fourth-order valence-electron chi connectivity index (χ4n) is 1.85. The number of carbonyl (C=O) groups is 1. The van der Waals surface area contributed by atoms with Gasteiger partial charge in [-0.2, -0.15) is 5.26 Å². The molecule has 0 aliphatic carbocycles. The standard InChI is InChI=1S/C15H15N3O/c1-2-7-17-15(19)11(9-16)8-12-10-18-14-6-4-3-5-13(12)14/h3-6,8,10,18H,2,7H2,1H3,(H,17,19). The second-order valence-electron chi connectivity index (χ2n) is 4.22. The lowest BCUT2D eigenvalue weighted by Crippen LogP contribution is -2.25. The van der Waals surface area contributed by atoms with Crippen LogP contribution in [-0.4, -0.2) is 17.4 Å². The van der Waals surface area contributed by atoms with Gasteiger partial charge in [0.05, 0.1) is 0 Å². The maximum atomic E-state index is 11.8. The first kappa shape index (κ1) is 12.9. The van der Waals surface area contributed by atoms with E-state index in [2.05, 4.69) is 10.3 Å². The fourth-order valence-corrected chi connectivity index (χ4v) is 1.85. The summed E-state index contributed by atoms with van der Waals surface area (Å²) in [6.07, 6.45) is 4.26. The van der Waals surface area contributed by atoms with Gasteiger partial charge >= 0.3 is 0 Å². The van der Waals surface area contributed by atoms with Gasteiger partial charge in [-0.25, -0.2) is 0 Å². The Morgan fingerprint density at radius 1 is 1.47 bits per heavy atom. The highest BCUT2D eigenvalue weighted by molar-refractivity contribution is 6.03. The van der Waals surface area contributed by atoms with Crippen molar-refractivity contribution in [3.05, 3.63) is 41.6 Å². The van der Waals surface area contributed by atoms with E-state index in [0.29, 0.717) is 6.54 Å². The molecule has 1 amide bonds. The molecule has 0 saturated heterocycles. The third kappa shape index (κ3) is 2.83. The van der Waals surface area contributed by atoms with Gasteiger partial charge in [0.15, 0.2) is 0 Å². The van der Waals surface area contributed by atoms with E-state index in [1.54, 1.807) is 12.3 Å². The monoisotopic (exact) mass is 253 g/mol. The fraction of sp³-hybridized carbons (Fsp3) is 0.200. The number of hydrogen-bond donors (Lipinski definition) is 2. The van der Waals surface area contributed by atoms with Gasteiger partial charge in [-0.3, -0.25) is 4.79 Å². The SMILES string of the molecule is CCCNC(=O)C(C#N)=Cc1c[nH]c2ccccc12. The molecule has 1 aromatic heterocycles. The minimum absolute atomic E-state index is 0.123. The number of nitrogens with one attached hydrogen (secondary N) is 2. The summed E-state index contributed by atoms with van der Waals surface area (Å²) < 4.78 is 0. The zero-order valence-corrected chi connectivity index (χ0v) is 10.7. The lowest BCUT2D eigenvalue weighted by Gasteiger charge is -2.01. The molecule has 0 atom stereocenters. The third-order valence-corrected chi connectivity index (χ3v) is 2.82. The minimum Gasteiger partial charge on any atom is -0.361 e. The number of nitriles is 1. The number of fused-ring (bicyclic) bond motifs is 1. The predicted octanol–water partition coefficient (Wildman–Crippen LogP) is 2.60. The van der Waals surface area contributed by atoms with E-state index in [1.807, 2.05) is 37.3 Å². The number of para-hydroxylation sites is 1. The molecule has 4 nitrogen and oxygen atoms in total. The molecule has 19 heavy (non-hydrogen) atoms. The number of benzene rings is 1. The normalized spacial score (nSPS) is 11.3. The average molecular weight is 253 g/mol. The summed E-state index contributed by atoms with van der Waals surface area (Å²) in [5.74, 6) is -0.324. The Labute approximate surface area is 111 Å². The zero-order chi connectivity index (χ0) is 13.7. The van der Waals surface area contributed by atoms with Crippen LogP contribution in [0.15, 0.2) is 36.0 Å². The molecule has 0 radical (unpaired) electrons. The molecule has 0 fully saturated rings. The Morgan fingerprint density at radius 3 is 3.00 bits per heavy atom. The molecule has 2 rings (SSSR count). The van der Waals surface area contributed by atoms with Crippen LogP contribution in [0.2, 0.25) is 0 Å². The average Bonchev–Trinajstić information content (AvgIpc) is 2.85. The first-order valence-corrected chi connectivity index (χ1v) is 6.22. The van der Waals surface area contributed by atoms with Crippen LogP contribution in [0.25, 0.3) is 17.0 Å². The number of carbonyl (C=O) groups excluding carboxylic acids is 1. The van der Waals surface area contributed by atoms with Crippen molar-refractivity contribution in [1.82, 2.24) is 10.3 Å². The maximum absolute atomic E-state index is 11.8. The molecule has 2 aromatic rings. The molecule has 4 heteroatoms. The molecule has 1 aromatic carbocycles. The first-order chi connectivity index (χ1) is 9.26. The van der Waals surface area contributed by atoms with Crippen LogP contribution in [0.4, 0.5) is 0 Å². The van der Waals surface area contributed by atoms with E-state index < -0.39 is 0 Å². The van der Waals surface area contributed by atoms with Gasteiger partial charge in [-0.1, -0.05) is 25.1 Å². The van der Waals surface area contributed by atoms with E-state index in [4.69, 9.17) is 5.26 Å². The van der Waals surface area contributed by atoms with Gasteiger partial charge < -0.3 is 10.3 Å². The Hall–Kier alpha value is -2.54. The summed E-state index contributed by atoms with van der Waals surface area (Å²) in [4.78, 5) is 14.9. The highest BCUT2D eigenvalue weighted by atomic mass is 16.1. The lowest BCUT2D eigenvalue weighted by atomic mass is 10.1. The van der Waals surface area contributed by atoms with Crippen molar-refractivity contribution in [2.75, 3.05) is 6.54 Å². The van der Waals surface area contributed by atoms with Gasteiger partial charge in [0.25, 0.3) is 5.91 Å². The zero-order valence-electron chi connectivity index (χ0n) is 10.7. The van der Waals surface area contributed by atoms with Crippen molar-refractivity contribution in [2.24, 2.45) is 0 Å². The quantitative estimate of drug-likeness (QED) is 0.649. The molecule has 0 bridgehead atoms. The summed E-state index contributed by atoms with van der Waals surface area (Å²) >= 11 is 0. The Bertz CT molecular complexity index is 661. The Morgan fingerprint density at radius 2 is 2.26 bits per heavy atom. The van der Waals surface area contributed by atoms with Gasteiger partial charge in [0.2, 0.25) is 0 Å². The van der Waals surface area contributed by atoms with Crippen LogP contribution >= 0.6 is 0 Å². The second-order valence-corrected chi connectivity index (χ2v) is 4.22. The van der Waals surface area contributed by atoms with Crippen LogP contribution < -0.4 is 5.32 Å². The smallest absolute Gasteiger partial charge is 0.261 e. The van der Waals surface area contributed by atoms with Crippen molar-refractivity contribution >= 4 is 22.9 Å². The van der Waals surface area contributed by atoms with Crippen LogP contribution in [0, 0.1) is 11.3 Å². The van der Waals surface area contributed by atoms with Crippen LogP contribution in [0.3, 0.4) is 0 Å². The van der Waals surface area contributed by atoms with Gasteiger partial charge in [-0.15, -0.1) is 0 Å². The predicted molar refractivity (Wildman–Crippen MR) is 75.2 cm³/mol. The van der Waals surface area contributed by atoms with E-state index in [1.165, 1.54) is 0 Å². The number of amides is 1. The molecule has 0 spiro atoms. The number of rotatable bonds is 4. The molecular weight excluding hydrogens is 238 g/mol. The van der Waals surface area contributed by atoms with E-state index in [-0.39, 0.29) is 11.5 Å². The lowest BCUT2D eigenvalue weighted by molar-refractivity contribution is -0.117. The van der Waals surface area contributed by atoms with Crippen molar-refractivity contribution in [1.29, 1.82) is 5.26 Å². The Balaban J connectivity index is 2.33. The van der Waals surface area contributed by atoms with Crippen molar-refractivity contribution in [3.8, 4) is 6.07 Å². The number of aromatic amines is 1. The first-order valence-electron chi connectivity index (χ1n) is 6.22. The summed E-state index contributed by atoms with van der Waals surface area (Å²) in [6, 6.07) is 9.72. The largest absolute Gasteiger partial charge is 0.361 e. The summed E-state index contributed by atoms with van der Waals surface area (Å²) in [7, 11) is 0. The van der Waals surface area contributed by atoms with E-state index in [0.717, 1.165) is 22.9 Å². The molecule has 1 heterocycles. The van der Waals surface area contributed by atoms with Crippen molar-refractivity contribution in [2.45, 2.75) is 13.3 Å². The third-order valence-electron chi connectivity index (χ3n) is 2.82. The van der Waals surface area contributed by atoms with Gasteiger partial charge in [0.1, 0.15) is 11.6 Å². The van der Waals surface area contributed by atoms with Crippen LogP contribution in [-0.2, 0) is 4.79 Å². The molecule has 2 N–H and O–H groups in total. The van der Waals surface area contributed by atoms with Crippen molar-refractivity contribution in [3.63, 3.8) is 0 Å². The van der Waals surface area contributed by atoms with Crippen molar-refractivity contribution < 1.29 is 4.79 Å². The molecule has 96 valence electrons. The summed E-state index contributed by atoms with van der Waals surface area (Å²) in [6.45, 7) is 2.54. The number of aromatic nitrogens is 1. The molecule has 0 saturated carbocycles. The molecule has 0 aliphatic heterocycles. The summed E-state index contributed by atoms with van der Waals surface area (Å²) in [5.41, 5.74) is 1.96. The topological polar surface area (TPSA) is 68.7 Å². The number of hydrogen-bond acceptors (Lipinski definition) is 2. The van der Waals surface area contributed by atoms with Crippen LogP contribution in [0.1, 0.15) is 18.9 Å². The Kier molecular flexibility index (Phi) is 3.99. The number of H-pyrrole nitrogens is 1. The van der Waals surface area contributed by atoms with E-state index in [9.17, 15) is 4.79 Å². The number of nitrogens with zero attached hydrogens (tertiary/aromatic N) is 1. The molecule has 0 aliphatic rings. The highest BCUT2D eigenvalue weighted by Gasteiger charge is 2.09.